The van der Waals surface area contributed by atoms with Crippen molar-refractivity contribution in [1.29, 1.82) is 0 Å². The van der Waals surface area contributed by atoms with Gasteiger partial charge in [-0.1, -0.05) is 23.2 Å². The molecule has 0 spiro atoms. The third-order valence-corrected chi connectivity index (χ3v) is 0. The summed E-state index contributed by atoms with van der Waals surface area (Å²) < 4.78 is -1.16. The van der Waals surface area contributed by atoms with Crippen LogP contribution < -0.4 is 0 Å². The van der Waals surface area contributed by atoms with Crippen LogP contribution in [-0.2, 0) is 0 Å². The minimum atomic E-state index is -1.16. The van der Waals surface area contributed by atoms with Crippen molar-refractivity contribution in [2.75, 3.05) is 0 Å². The fraction of sp³-hybridized carbons (Fsp3) is 1.00. The first-order valence-electron chi connectivity index (χ1n) is 0.771. The molecule has 0 heterocycles. The maximum absolute atomic E-state index is 5.03. The Kier molecular flexibility index (Phi) is 2.46. The van der Waals surface area contributed by atoms with Crippen molar-refractivity contribution >= 4 is 51.8 Å². The number of hydrogen-bond acceptors (Lipinski definition) is 0. The largest absolute Gasteiger partial charge is 0.227 e. The Labute approximate surface area is 54.4 Å². The van der Waals surface area contributed by atoms with Crippen LogP contribution in [0.1, 0.15) is 0 Å². The molecule has 0 aromatic rings. The minimum Gasteiger partial charge on any atom is -0.0758 e. The van der Waals surface area contributed by atoms with Crippen LogP contribution in [0.15, 0.2) is 0 Å². The van der Waals surface area contributed by atoms with Gasteiger partial charge in [0.15, 0.2) is 0 Å². The van der Waals surface area contributed by atoms with Crippen LogP contribution in [0, 0.1) is 0 Å². The van der Waals surface area contributed by atoms with Crippen molar-refractivity contribution in [3.8, 4) is 0 Å². The molecule has 4 heteroatoms. The van der Waals surface area contributed by atoms with Crippen molar-refractivity contribution in [3.63, 3.8) is 0 Å². The molecule has 0 fully saturated rings. The molecule has 0 aromatic heterocycles. The molecule has 0 saturated carbocycles. The summed E-state index contributed by atoms with van der Waals surface area (Å²) in [6.45, 7) is 0. The Bertz CT molecular complexity index is 25.1. The molecule has 0 saturated heterocycles. The van der Waals surface area contributed by atoms with Gasteiger partial charge in [-0.05, 0) is 28.6 Å². The monoisotopic (exact) mass is 193 g/mol. The van der Waals surface area contributed by atoms with Crippen molar-refractivity contribution in [2.24, 2.45) is 0 Å². The van der Waals surface area contributed by atoms with Gasteiger partial charge in [0.25, 0.3) is 0 Å². The standard InChI is InChI=1S/CBrCl2S/c2-1(3,4)5. The lowest BCUT2D eigenvalue weighted by atomic mass is 11.9. The van der Waals surface area contributed by atoms with E-state index in [9.17, 15) is 0 Å². The van der Waals surface area contributed by atoms with E-state index in [1.807, 2.05) is 0 Å². The quantitative estimate of drug-likeness (QED) is 0.521. The summed E-state index contributed by atoms with van der Waals surface area (Å²) in [5, 5.41) is 0. The predicted molar refractivity (Wildman–Crippen MR) is 31.0 cm³/mol. The third-order valence-electron chi connectivity index (χ3n) is 0. The van der Waals surface area contributed by atoms with E-state index in [-0.39, 0.29) is 0 Å². The van der Waals surface area contributed by atoms with Crippen LogP contribution in [0.25, 0.3) is 0 Å². The molecule has 0 aliphatic carbocycles. The zero-order valence-corrected chi connectivity index (χ0v) is 5.96. The first kappa shape index (κ1) is 6.41. The molecule has 0 atom stereocenters. The van der Waals surface area contributed by atoms with Crippen molar-refractivity contribution in [2.45, 2.75) is 2.57 Å². The van der Waals surface area contributed by atoms with Gasteiger partial charge in [0.2, 0.25) is 2.57 Å². The highest BCUT2D eigenvalue weighted by Crippen LogP contribution is 2.31. The molecule has 0 N–H and O–H groups in total. The SMILES string of the molecule is [S]C(Cl)(Cl)Br. The van der Waals surface area contributed by atoms with Crippen molar-refractivity contribution in [1.82, 2.24) is 0 Å². The Morgan fingerprint density at radius 2 is 1.60 bits per heavy atom. The second-order valence-corrected chi connectivity index (χ2v) is 5.46. The minimum absolute atomic E-state index is 1.16. The maximum Gasteiger partial charge on any atom is 0.227 e. The summed E-state index contributed by atoms with van der Waals surface area (Å²) in [5.41, 5.74) is 0. The van der Waals surface area contributed by atoms with Crippen molar-refractivity contribution in [3.05, 3.63) is 0 Å². The lowest BCUT2D eigenvalue weighted by molar-refractivity contribution is 1.91. The van der Waals surface area contributed by atoms with Gasteiger partial charge in [-0.2, -0.15) is 0 Å². The highest BCUT2D eigenvalue weighted by atomic mass is 79.9. The van der Waals surface area contributed by atoms with E-state index in [1.165, 1.54) is 0 Å². The highest BCUT2D eigenvalue weighted by molar-refractivity contribution is 9.12. The highest BCUT2D eigenvalue weighted by Gasteiger charge is 2.09. The normalized spacial score (nSPS) is 12.0. The summed E-state index contributed by atoms with van der Waals surface area (Å²) in [7, 11) is 0. The van der Waals surface area contributed by atoms with Gasteiger partial charge >= 0.3 is 0 Å². The van der Waals surface area contributed by atoms with Crippen LogP contribution in [0.2, 0.25) is 0 Å². The number of alkyl halides is 3. The maximum atomic E-state index is 5.03. The molecule has 0 bridgehead atoms. The Balaban J connectivity index is 3.02. The molecule has 31 valence electrons. The summed E-state index contributed by atoms with van der Waals surface area (Å²) >= 11 is 17.0. The molecular formula is CBrCl2S. The Morgan fingerprint density at radius 1 is 1.60 bits per heavy atom. The number of hydrogen-bond donors (Lipinski definition) is 0. The lowest BCUT2D eigenvalue weighted by Gasteiger charge is -1.92. The molecule has 0 amide bonds. The Morgan fingerprint density at radius 3 is 1.60 bits per heavy atom. The lowest BCUT2D eigenvalue weighted by Crippen LogP contribution is -1.80. The van der Waals surface area contributed by atoms with E-state index in [4.69, 9.17) is 23.2 Å². The van der Waals surface area contributed by atoms with Gasteiger partial charge in [-0.25, -0.2) is 0 Å². The molecule has 0 nitrogen and oxygen atoms in total. The molecule has 5 heavy (non-hydrogen) atoms. The molecule has 0 rings (SSSR count). The van der Waals surface area contributed by atoms with Gasteiger partial charge in [0.1, 0.15) is 0 Å². The van der Waals surface area contributed by atoms with Crippen LogP contribution >= 0.6 is 51.8 Å². The fourth-order valence-corrected chi connectivity index (χ4v) is 0. The molecule has 0 aromatic carbocycles. The zero-order valence-electron chi connectivity index (χ0n) is 2.04. The van der Waals surface area contributed by atoms with Crippen LogP contribution in [-0.4, -0.2) is 2.57 Å². The van der Waals surface area contributed by atoms with E-state index in [0.717, 1.165) is 0 Å². The summed E-state index contributed by atoms with van der Waals surface area (Å²) in [4.78, 5) is 0. The van der Waals surface area contributed by atoms with Gasteiger partial charge in [-0.15, -0.1) is 0 Å². The molecule has 0 aliphatic heterocycles. The van der Waals surface area contributed by atoms with Gasteiger partial charge < -0.3 is 0 Å². The summed E-state index contributed by atoms with van der Waals surface area (Å²) in [5.74, 6) is 0. The van der Waals surface area contributed by atoms with E-state index in [1.54, 1.807) is 0 Å². The first-order valence-corrected chi connectivity index (χ1v) is 2.73. The molecule has 0 aliphatic rings. The summed E-state index contributed by atoms with van der Waals surface area (Å²) in [6, 6.07) is 0. The first-order chi connectivity index (χ1) is 2.00. The fourth-order valence-electron chi connectivity index (χ4n) is 0. The topological polar surface area (TPSA) is 0 Å². The van der Waals surface area contributed by atoms with Gasteiger partial charge in [0.05, 0.1) is 0 Å². The van der Waals surface area contributed by atoms with Crippen LogP contribution in [0.4, 0.5) is 0 Å². The second kappa shape index (κ2) is 1.92. The predicted octanol–water partition coefficient (Wildman–Crippen LogP) is 2.67. The summed E-state index contributed by atoms with van der Waals surface area (Å²) in [6.07, 6.45) is 0. The Hall–Kier alpha value is 1.41. The average molecular weight is 195 g/mol. The van der Waals surface area contributed by atoms with Gasteiger partial charge in [0, 0.05) is 0 Å². The van der Waals surface area contributed by atoms with Crippen LogP contribution in [0.3, 0.4) is 0 Å². The van der Waals surface area contributed by atoms with Gasteiger partial charge in [-0.3, -0.25) is 0 Å². The van der Waals surface area contributed by atoms with E-state index >= 15 is 0 Å². The number of halogens is 3. The van der Waals surface area contributed by atoms with E-state index in [0.29, 0.717) is 0 Å². The molecular weight excluding hydrogens is 195 g/mol. The molecule has 1 radical (unpaired) electrons. The van der Waals surface area contributed by atoms with E-state index in [2.05, 4.69) is 28.6 Å². The third kappa shape index (κ3) is 31.6. The molecule has 0 unspecified atom stereocenters. The van der Waals surface area contributed by atoms with Crippen LogP contribution in [0.5, 0.6) is 0 Å². The zero-order chi connectivity index (χ0) is 4.50. The average Bonchev–Trinajstić information content (AvgIpc) is 0.722. The van der Waals surface area contributed by atoms with E-state index < -0.39 is 2.57 Å². The number of rotatable bonds is 0. The smallest absolute Gasteiger partial charge is 0.0758 e. The van der Waals surface area contributed by atoms with Crippen molar-refractivity contribution < 1.29 is 0 Å². The second-order valence-electron chi connectivity index (χ2n) is 0.446.